The highest BCUT2D eigenvalue weighted by atomic mass is 16.6. The Morgan fingerprint density at radius 1 is 1.21 bits per heavy atom. The summed E-state index contributed by atoms with van der Waals surface area (Å²) in [4.78, 5) is 36.8. The van der Waals surface area contributed by atoms with Crippen LogP contribution < -0.4 is 5.32 Å². The Hall–Kier alpha value is -2.96. The molecule has 7 heteroatoms. The van der Waals surface area contributed by atoms with Crippen molar-refractivity contribution in [2.24, 2.45) is 0 Å². The van der Waals surface area contributed by atoms with Gasteiger partial charge in [0.1, 0.15) is 6.10 Å². The molecule has 1 saturated carbocycles. The summed E-state index contributed by atoms with van der Waals surface area (Å²) in [6.07, 6.45) is 5.55. The number of nitrogens with one attached hydrogen (secondary N) is 1. The van der Waals surface area contributed by atoms with Crippen LogP contribution in [0.15, 0.2) is 46.8 Å². The lowest BCUT2D eigenvalue weighted by atomic mass is 9.75. The predicted octanol–water partition coefficient (Wildman–Crippen LogP) is 4.05. The summed E-state index contributed by atoms with van der Waals surface area (Å²) in [7, 11) is 0. The van der Waals surface area contributed by atoms with Gasteiger partial charge in [-0.05, 0) is 51.0 Å². The molecule has 4 rings (SSSR count). The van der Waals surface area contributed by atoms with E-state index in [1.807, 2.05) is 0 Å². The number of nitro benzene ring substituents is 1. The molecule has 3 aliphatic rings. The number of carbonyl (C=O) groups excluding carboxylic acids is 2. The van der Waals surface area contributed by atoms with E-state index in [-0.39, 0.29) is 17.6 Å². The normalized spacial score (nSPS) is 22.4. The molecule has 1 aromatic rings. The fraction of sp³-hybridized carbons (Fsp3) is 0.455. The van der Waals surface area contributed by atoms with Gasteiger partial charge in [0.2, 0.25) is 0 Å². The number of non-ortho nitro benzene ring substituents is 1. The molecule has 1 heterocycles. The van der Waals surface area contributed by atoms with Crippen molar-refractivity contribution in [2.75, 3.05) is 0 Å². The fourth-order valence-electron chi connectivity index (χ4n) is 4.63. The van der Waals surface area contributed by atoms with Crippen LogP contribution in [0.4, 0.5) is 5.69 Å². The molecule has 1 N–H and O–H groups in total. The number of dihydropyridines is 1. The van der Waals surface area contributed by atoms with E-state index in [4.69, 9.17) is 4.74 Å². The maximum absolute atomic E-state index is 13.2. The van der Waals surface area contributed by atoms with Crippen LogP contribution >= 0.6 is 0 Å². The summed E-state index contributed by atoms with van der Waals surface area (Å²) >= 11 is 0. The SMILES string of the molecule is CC1=C(C(=O)OC2CCCC2)[C@@H](c2cccc([N+](=O)[O-])c2)C2=C(CCCC2=O)N1. The van der Waals surface area contributed by atoms with Crippen molar-refractivity contribution in [2.45, 2.75) is 63.9 Å². The topological polar surface area (TPSA) is 98.5 Å². The molecular formula is C22H24N2O5. The van der Waals surface area contributed by atoms with Crippen LogP contribution in [0.1, 0.15) is 63.4 Å². The van der Waals surface area contributed by atoms with Crippen molar-refractivity contribution in [3.05, 3.63) is 62.5 Å². The maximum atomic E-state index is 13.2. The number of ether oxygens (including phenoxy) is 1. The van der Waals surface area contributed by atoms with E-state index in [2.05, 4.69) is 5.32 Å². The van der Waals surface area contributed by atoms with Gasteiger partial charge < -0.3 is 10.1 Å². The molecule has 152 valence electrons. The summed E-state index contributed by atoms with van der Waals surface area (Å²) in [6, 6.07) is 6.21. The minimum atomic E-state index is -0.646. The second kappa shape index (κ2) is 7.81. The number of carbonyl (C=O) groups is 2. The first kappa shape index (κ1) is 19.4. The van der Waals surface area contributed by atoms with Crippen molar-refractivity contribution in [1.29, 1.82) is 0 Å². The van der Waals surface area contributed by atoms with Gasteiger partial charge in [0.05, 0.1) is 10.5 Å². The summed E-state index contributed by atoms with van der Waals surface area (Å²) in [5.41, 5.74) is 2.89. The van der Waals surface area contributed by atoms with Crippen molar-refractivity contribution in [3.63, 3.8) is 0 Å². The van der Waals surface area contributed by atoms with Crippen LogP contribution in [0.25, 0.3) is 0 Å². The number of nitro groups is 1. The second-order valence-electron chi connectivity index (χ2n) is 7.93. The molecule has 1 fully saturated rings. The van der Waals surface area contributed by atoms with Crippen molar-refractivity contribution >= 4 is 17.4 Å². The monoisotopic (exact) mass is 396 g/mol. The van der Waals surface area contributed by atoms with Gasteiger partial charge >= 0.3 is 5.97 Å². The smallest absolute Gasteiger partial charge is 0.337 e. The standard InChI is InChI=1S/C22H24N2O5/c1-13-19(22(26)29-16-8-2-3-9-16)20(14-6-4-7-15(12-14)24(27)28)21-17(23-13)10-5-11-18(21)25/h4,6-7,12,16,20,23H,2-3,5,8-11H2,1H3/t20-/m1/s1. The molecule has 0 unspecified atom stereocenters. The van der Waals surface area contributed by atoms with Gasteiger partial charge in [-0.15, -0.1) is 0 Å². The van der Waals surface area contributed by atoms with Crippen molar-refractivity contribution < 1.29 is 19.2 Å². The van der Waals surface area contributed by atoms with Gasteiger partial charge in [-0.3, -0.25) is 14.9 Å². The zero-order valence-electron chi connectivity index (χ0n) is 16.4. The number of benzene rings is 1. The molecule has 0 spiro atoms. The van der Waals surface area contributed by atoms with Crippen molar-refractivity contribution in [1.82, 2.24) is 5.32 Å². The number of allylic oxidation sites excluding steroid dienone is 3. The predicted molar refractivity (Wildman–Crippen MR) is 106 cm³/mol. The highest BCUT2D eigenvalue weighted by Crippen LogP contribution is 2.43. The van der Waals surface area contributed by atoms with Gasteiger partial charge in [-0.25, -0.2) is 4.79 Å². The molecule has 0 bridgehead atoms. The van der Waals surface area contributed by atoms with E-state index >= 15 is 0 Å². The fourth-order valence-corrected chi connectivity index (χ4v) is 4.63. The third-order valence-electron chi connectivity index (χ3n) is 5.99. The lowest BCUT2D eigenvalue weighted by Crippen LogP contribution is -2.35. The quantitative estimate of drug-likeness (QED) is 0.468. The largest absolute Gasteiger partial charge is 0.459 e. The minimum Gasteiger partial charge on any atom is -0.459 e. The molecule has 0 radical (unpaired) electrons. The highest BCUT2D eigenvalue weighted by Gasteiger charge is 2.40. The molecule has 0 saturated heterocycles. The zero-order valence-corrected chi connectivity index (χ0v) is 16.4. The molecular weight excluding hydrogens is 372 g/mol. The van der Waals surface area contributed by atoms with Crippen LogP contribution in [-0.2, 0) is 14.3 Å². The zero-order chi connectivity index (χ0) is 20.5. The number of nitrogens with zero attached hydrogens (tertiary/aromatic N) is 1. The Labute approximate surface area is 169 Å². The summed E-state index contributed by atoms with van der Waals surface area (Å²) in [5, 5.41) is 14.5. The first-order valence-electron chi connectivity index (χ1n) is 10.1. The van der Waals surface area contributed by atoms with Gasteiger partial charge in [0.25, 0.3) is 5.69 Å². The van der Waals surface area contributed by atoms with Crippen LogP contribution in [0.3, 0.4) is 0 Å². The van der Waals surface area contributed by atoms with Gasteiger partial charge in [-0.2, -0.15) is 0 Å². The number of Topliss-reactive ketones (excluding diaryl/α,β-unsaturated/α-hetero) is 1. The Balaban J connectivity index is 1.79. The second-order valence-corrected chi connectivity index (χ2v) is 7.93. The number of hydrogen-bond acceptors (Lipinski definition) is 6. The van der Waals surface area contributed by atoms with Crippen LogP contribution in [0, 0.1) is 10.1 Å². The number of hydrogen-bond donors (Lipinski definition) is 1. The Morgan fingerprint density at radius 3 is 2.69 bits per heavy atom. The first-order chi connectivity index (χ1) is 14.0. The van der Waals surface area contributed by atoms with Crippen LogP contribution in [0.5, 0.6) is 0 Å². The Kier molecular flexibility index (Phi) is 5.22. The van der Waals surface area contributed by atoms with Gasteiger partial charge in [0.15, 0.2) is 5.78 Å². The Morgan fingerprint density at radius 2 is 1.97 bits per heavy atom. The molecule has 29 heavy (non-hydrogen) atoms. The molecule has 2 aliphatic carbocycles. The summed E-state index contributed by atoms with van der Waals surface area (Å²) in [6.45, 7) is 1.80. The minimum absolute atomic E-state index is 0.0195. The van der Waals surface area contributed by atoms with Gasteiger partial charge in [0, 0.05) is 41.4 Å². The third-order valence-corrected chi connectivity index (χ3v) is 5.99. The molecule has 0 aromatic heterocycles. The van der Waals surface area contributed by atoms with E-state index in [1.165, 1.54) is 12.1 Å². The maximum Gasteiger partial charge on any atom is 0.337 e. The molecule has 7 nitrogen and oxygen atoms in total. The van der Waals surface area contributed by atoms with E-state index < -0.39 is 16.8 Å². The van der Waals surface area contributed by atoms with E-state index in [0.29, 0.717) is 28.8 Å². The highest BCUT2D eigenvalue weighted by molar-refractivity contribution is 6.03. The van der Waals surface area contributed by atoms with Crippen molar-refractivity contribution in [3.8, 4) is 0 Å². The molecule has 1 aromatic carbocycles. The average Bonchev–Trinajstić information content (AvgIpc) is 3.20. The van der Waals surface area contributed by atoms with Crippen LogP contribution in [-0.4, -0.2) is 22.8 Å². The summed E-state index contributed by atoms with van der Waals surface area (Å²) in [5.74, 6) is -1.11. The molecule has 0 amide bonds. The Bertz CT molecular complexity index is 940. The van der Waals surface area contributed by atoms with Gasteiger partial charge in [-0.1, -0.05) is 12.1 Å². The molecule has 1 aliphatic heterocycles. The third kappa shape index (κ3) is 3.69. The summed E-state index contributed by atoms with van der Waals surface area (Å²) < 4.78 is 5.76. The van der Waals surface area contributed by atoms with E-state index in [1.54, 1.807) is 19.1 Å². The number of ketones is 1. The van der Waals surface area contributed by atoms with Crippen LogP contribution in [0.2, 0.25) is 0 Å². The first-order valence-corrected chi connectivity index (χ1v) is 10.1. The lowest BCUT2D eigenvalue weighted by Gasteiger charge is -2.34. The molecule has 1 atom stereocenters. The number of rotatable bonds is 4. The lowest BCUT2D eigenvalue weighted by molar-refractivity contribution is -0.384. The number of esters is 1. The van der Waals surface area contributed by atoms with E-state index in [9.17, 15) is 19.7 Å². The van der Waals surface area contributed by atoms with E-state index in [0.717, 1.165) is 44.2 Å². The average molecular weight is 396 g/mol.